The number of benzene rings is 1. The van der Waals surface area contributed by atoms with Crippen LogP contribution in [0.1, 0.15) is 32.6 Å². The zero-order chi connectivity index (χ0) is 21.4. The third-order valence-electron chi connectivity index (χ3n) is 5.27. The molecule has 0 aliphatic carbocycles. The van der Waals surface area contributed by atoms with Crippen molar-refractivity contribution in [1.29, 1.82) is 0 Å². The molecule has 2 aliphatic rings. The van der Waals surface area contributed by atoms with E-state index in [1.54, 1.807) is 0 Å². The Morgan fingerprint density at radius 3 is 2.55 bits per heavy atom. The van der Waals surface area contributed by atoms with Crippen LogP contribution < -0.4 is 20.1 Å². The summed E-state index contributed by atoms with van der Waals surface area (Å²) in [5, 5.41) is 6.52. The number of ether oxygens (including phenoxy) is 2. The Labute approximate surface area is 199 Å². The van der Waals surface area contributed by atoms with E-state index < -0.39 is 12.7 Å². The number of anilines is 1. The number of nitrogens with one attached hydrogen (secondary N) is 2. The van der Waals surface area contributed by atoms with Crippen LogP contribution in [0.4, 0.5) is 18.9 Å². The number of fused-ring (bicyclic) bond motifs is 1. The number of alkyl halides is 3. The van der Waals surface area contributed by atoms with Crippen molar-refractivity contribution in [3.05, 3.63) is 18.2 Å². The van der Waals surface area contributed by atoms with Gasteiger partial charge in [-0.3, -0.25) is 9.89 Å². The maximum Gasteiger partial charge on any atom is 0.401 e. The molecule has 0 unspecified atom stereocenters. The Morgan fingerprint density at radius 2 is 1.87 bits per heavy atom. The molecule has 0 radical (unpaired) electrons. The highest BCUT2D eigenvalue weighted by Gasteiger charge is 2.32. The minimum absolute atomic E-state index is 0. The van der Waals surface area contributed by atoms with Crippen molar-refractivity contribution < 1.29 is 22.6 Å². The van der Waals surface area contributed by atoms with Crippen molar-refractivity contribution in [2.24, 2.45) is 10.9 Å². The van der Waals surface area contributed by atoms with E-state index in [0.29, 0.717) is 44.7 Å². The Morgan fingerprint density at radius 1 is 1.16 bits per heavy atom. The summed E-state index contributed by atoms with van der Waals surface area (Å²) in [4.78, 5) is 6.14. The predicted octanol–water partition coefficient (Wildman–Crippen LogP) is 4.51. The van der Waals surface area contributed by atoms with Gasteiger partial charge < -0.3 is 20.1 Å². The summed E-state index contributed by atoms with van der Waals surface area (Å²) in [6, 6.07) is 5.72. The molecular formula is C21H32F3IN4O2. The van der Waals surface area contributed by atoms with Gasteiger partial charge in [0.05, 0.1) is 19.8 Å². The zero-order valence-corrected chi connectivity index (χ0v) is 20.2. The van der Waals surface area contributed by atoms with Gasteiger partial charge in [-0.15, -0.1) is 24.0 Å². The molecule has 2 aliphatic heterocycles. The SMILES string of the molecule is CCNC(=NCCC1CCN(CC(F)(F)F)CC1)Nc1ccc2c(c1)OCCCO2.I. The number of piperidine rings is 1. The standard InChI is InChI=1S/C21H31F3N4O2.HI/c1-2-25-20(27-17-4-5-18-19(14-17)30-13-3-12-29-18)26-9-6-16-7-10-28(11-8-16)15-21(22,23)24;/h4-5,14,16H,2-3,6-13,15H2,1H3,(H2,25,26,27);1H. The minimum atomic E-state index is -4.11. The summed E-state index contributed by atoms with van der Waals surface area (Å²) < 4.78 is 48.9. The topological polar surface area (TPSA) is 58.1 Å². The molecule has 2 N–H and O–H groups in total. The molecule has 3 rings (SSSR count). The highest BCUT2D eigenvalue weighted by atomic mass is 127. The number of likely N-dealkylation sites (tertiary alicyclic amines) is 1. The molecule has 0 bridgehead atoms. The molecule has 0 saturated carbocycles. The van der Waals surface area contributed by atoms with E-state index in [4.69, 9.17) is 9.47 Å². The lowest BCUT2D eigenvalue weighted by Crippen LogP contribution is -2.40. The Kier molecular flexibility index (Phi) is 10.5. The maximum atomic E-state index is 12.5. The van der Waals surface area contributed by atoms with Crippen LogP contribution >= 0.6 is 24.0 Å². The normalized spacial score (nSPS) is 18.1. The van der Waals surface area contributed by atoms with Crippen molar-refractivity contribution in [2.45, 2.75) is 38.8 Å². The molecule has 1 saturated heterocycles. The van der Waals surface area contributed by atoms with Crippen LogP contribution in [0.2, 0.25) is 0 Å². The fourth-order valence-corrected chi connectivity index (χ4v) is 3.73. The van der Waals surface area contributed by atoms with Crippen molar-refractivity contribution in [1.82, 2.24) is 10.2 Å². The highest BCUT2D eigenvalue weighted by Crippen LogP contribution is 2.32. The van der Waals surface area contributed by atoms with Crippen molar-refractivity contribution in [3.8, 4) is 11.5 Å². The predicted molar refractivity (Wildman–Crippen MR) is 127 cm³/mol. The monoisotopic (exact) mass is 556 g/mol. The molecule has 1 fully saturated rings. The third kappa shape index (κ3) is 8.91. The maximum absolute atomic E-state index is 12.5. The Bertz CT molecular complexity index is 710. The molecule has 0 atom stereocenters. The van der Waals surface area contributed by atoms with Gasteiger partial charge in [0.15, 0.2) is 17.5 Å². The van der Waals surface area contributed by atoms with Crippen LogP contribution in [0.5, 0.6) is 11.5 Å². The third-order valence-corrected chi connectivity index (χ3v) is 5.27. The fraction of sp³-hybridized carbons (Fsp3) is 0.667. The number of guanidine groups is 1. The molecule has 1 aromatic rings. The van der Waals surface area contributed by atoms with Gasteiger partial charge in [-0.25, -0.2) is 0 Å². The van der Waals surface area contributed by atoms with Gasteiger partial charge in [-0.2, -0.15) is 13.2 Å². The molecule has 0 amide bonds. The number of aliphatic imine (C=N–C) groups is 1. The first kappa shape index (κ1) is 25.8. The number of hydrogen-bond acceptors (Lipinski definition) is 4. The van der Waals surface area contributed by atoms with E-state index in [1.807, 2.05) is 25.1 Å². The molecule has 10 heteroatoms. The average molecular weight is 556 g/mol. The number of hydrogen-bond donors (Lipinski definition) is 2. The molecule has 0 aromatic heterocycles. The van der Waals surface area contributed by atoms with E-state index in [2.05, 4.69) is 15.6 Å². The largest absolute Gasteiger partial charge is 0.490 e. The van der Waals surface area contributed by atoms with Crippen molar-refractivity contribution >= 4 is 35.6 Å². The van der Waals surface area contributed by atoms with Gasteiger partial charge in [0.25, 0.3) is 0 Å². The van der Waals surface area contributed by atoms with Crippen LogP contribution in [-0.2, 0) is 0 Å². The second kappa shape index (κ2) is 12.6. The van der Waals surface area contributed by atoms with Crippen LogP contribution in [0, 0.1) is 5.92 Å². The van der Waals surface area contributed by atoms with E-state index in [1.165, 1.54) is 4.90 Å². The van der Waals surface area contributed by atoms with Gasteiger partial charge in [0, 0.05) is 31.3 Å². The van der Waals surface area contributed by atoms with E-state index in [-0.39, 0.29) is 24.0 Å². The molecule has 176 valence electrons. The van der Waals surface area contributed by atoms with Gasteiger partial charge >= 0.3 is 6.18 Å². The molecule has 31 heavy (non-hydrogen) atoms. The molecule has 1 aromatic carbocycles. The summed E-state index contributed by atoms with van der Waals surface area (Å²) in [5.41, 5.74) is 0.861. The Balaban J connectivity index is 0.00000341. The summed E-state index contributed by atoms with van der Waals surface area (Å²) in [6.07, 6.45) is -0.805. The van der Waals surface area contributed by atoms with Gasteiger partial charge in [0.1, 0.15) is 0 Å². The first-order chi connectivity index (χ1) is 14.4. The lowest BCUT2D eigenvalue weighted by Gasteiger charge is -2.32. The van der Waals surface area contributed by atoms with Crippen molar-refractivity contribution in [3.63, 3.8) is 0 Å². The van der Waals surface area contributed by atoms with E-state index in [0.717, 1.165) is 49.4 Å². The molecule has 2 heterocycles. The summed E-state index contributed by atoms with van der Waals surface area (Å²) in [6.45, 7) is 4.84. The minimum Gasteiger partial charge on any atom is -0.490 e. The summed E-state index contributed by atoms with van der Waals surface area (Å²) in [7, 11) is 0. The number of rotatable bonds is 6. The van der Waals surface area contributed by atoms with Gasteiger partial charge in [-0.05, 0) is 57.3 Å². The second-order valence-corrected chi connectivity index (χ2v) is 7.72. The van der Waals surface area contributed by atoms with E-state index >= 15 is 0 Å². The molecule has 0 spiro atoms. The highest BCUT2D eigenvalue weighted by molar-refractivity contribution is 14.0. The Hall–Kier alpha value is -1.43. The number of nitrogens with zero attached hydrogens (tertiary/aromatic N) is 2. The van der Waals surface area contributed by atoms with Crippen LogP contribution in [-0.4, -0.2) is 63.0 Å². The zero-order valence-electron chi connectivity index (χ0n) is 17.8. The quantitative estimate of drug-likeness (QED) is 0.307. The fourth-order valence-electron chi connectivity index (χ4n) is 3.73. The molecule has 6 nitrogen and oxygen atoms in total. The lowest BCUT2D eigenvalue weighted by molar-refractivity contribution is -0.148. The molecular weight excluding hydrogens is 524 g/mol. The lowest BCUT2D eigenvalue weighted by atomic mass is 9.93. The van der Waals surface area contributed by atoms with Crippen LogP contribution in [0.25, 0.3) is 0 Å². The van der Waals surface area contributed by atoms with Crippen LogP contribution in [0.3, 0.4) is 0 Å². The smallest absolute Gasteiger partial charge is 0.401 e. The first-order valence-electron chi connectivity index (χ1n) is 10.7. The van der Waals surface area contributed by atoms with E-state index in [9.17, 15) is 13.2 Å². The van der Waals surface area contributed by atoms with Crippen molar-refractivity contribution in [2.75, 3.05) is 51.3 Å². The first-order valence-corrected chi connectivity index (χ1v) is 10.7. The van der Waals surface area contributed by atoms with Gasteiger partial charge in [-0.1, -0.05) is 0 Å². The number of halogens is 4. The van der Waals surface area contributed by atoms with Gasteiger partial charge in [0.2, 0.25) is 0 Å². The summed E-state index contributed by atoms with van der Waals surface area (Å²) in [5.74, 6) is 2.57. The average Bonchev–Trinajstić information content (AvgIpc) is 2.93. The van der Waals surface area contributed by atoms with Crippen LogP contribution in [0.15, 0.2) is 23.2 Å². The summed E-state index contributed by atoms with van der Waals surface area (Å²) >= 11 is 0. The second-order valence-electron chi connectivity index (χ2n) is 7.72.